The Balaban J connectivity index is 1.79. The number of carbonyl (C=O) groups excluding carboxylic acids is 2. The quantitative estimate of drug-likeness (QED) is 0.795. The van der Waals surface area contributed by atoms with Crippen LogP contribution in [0.5, 0.6) is 0 Å². The standard InChI is InChI=1S/C20H25N5O2/c1-12-4-7-17(15-6-5-14(3)22-9-15)25(11-12)20(27)19(26)24-16-8-13(2)18(21)23-10-16/h5-6,8-10,12,17H,4,7,11H2,1-3H3,(H2,21,23)(H,24,26)/t12-,17+/m1/s1. The summed E-state index contributed by atoms with van der Waals surface area (Å²) in [5, 5.41) is 2.64. The molecule has 0 spiro atoms. The zero-order chi connectivity index (χ0) is 19.6. The molecular weight excluding hydrogens is 342 g/mol. The van der Waals surface area contributed by atoms with E-state index in [-0.39, 0.29) is 6.04 Å². The van der Waals surface area contributed by atoms with Gasteiger partial charge in [0.25, 0.3) is 0 Å². The van der Waals surface area contributed by atoms with E-state index in [2.05, 4.69) is 22.2 Å². The van der Waals surface area contributed by atoms with E-state index in [9.17, 15) is 9.59 Å². The van der Waals surface area contributed by atoms with Gasteiger partial charge in [0.15, 0.2) is 0 Å². The number of nitrogens with two attached hydrogens (primary N) is 1. The van der Waals surface area contributed by atoms with Crippen molar-refractivity contribution in [2.45, 2.75) is 39.7 Å². The first-order valence-corrected chi connectivity index (χ1v) is 9.11. The first-order valence-electron chi connectivity index (χ1n) is 9.11. The van der Waals surface area contributed by atoms with Gasteiger partial charge in [-0.25, -0.2) is 4.98 Å². The second kappa shape index (κ2) is 7.73. The highest BCUT2D eigenvalue weighted by Crippen LogP contribution is 2.33. The first kappa shape index (κ1) is 18.8. The minimum absolute atomic E-state index is 0.140. The molecule has 0 aliphatic carbocycles. The van der Waals surface area contributed by atoms with Crippen molar-refractivity contribution in [3.05, 3.63) is 47.4 Å². The van der Waals surface area contributed by atoms with Crippen molar-refractivity contribution in [1.29, 1.82) is 0 Å². The molecule has 0 aromatic carbocycles. The maximum absolute atomic E-state index is 12.9. The van der Waals surface area contributed by atoms with Crippen LogP contribution in [0.25, 0.3) is 0 Å². The number of anilines is 2. The van der Waals surface area contributed by atoms with Crippen molar-refractivity contribution in [3.8, 4) is 0 Å². The van der Waals surface area contributed by atoms with Gasteiger partial charge in [-0.2, -0.15) is 0 Å². The molecule has 142 valence electrons. The molecule has 7 heteroatoms. The van der Waals surface area contributed by atoms with Gasteiger partial charge in [-0.05, 0) is 55.9 Å². The van der Waals surface area contributed by atoms with Gasteiger partial charge in [0, 0.05) is 18.4 Å². The highest BCUT2D eigenvalue weighted by Gasteiger charge is 2.34. The van der Waals surface area contributed by atoms with Crippen molar-refractivity contribution < 1.29 is 9.59 Å². The molecule has 3 heterocycles. The highest BCUT2D eigenvalue weighted by molar-refractivity contribution is 6.39. The molecule has 3 rings (SSSR count). The molecule has 0 saturated carbocycles. The summed E-state index contributed by atoms with van der Waals surface area (Å²) in [4.78, 5) is 35.5. The second-order valence-electron chi connectivity index (χ2n) is 7.27. The number of aryl methyl sites for hydroxylation is 2. The summed E-state index contributed by atoms with van der Waals surface area (Å²) in [5.74, 6) is -0.463. The fourth-order valence-electron chi connectivity index (χ4n) is 3.37. The largest absolute Gasteiger partial charge is 0.383 e. The average molecular weight is 367 g/mol. The molecule has 1 saturated heterocycles. The SMILES string of the molecule is Cc1ccc([C@@H]2CC[C@@H](C)CN2C(=O)C(=O)Nc2cnc(N)c(C)c2)cn1. The third-order valence-electron chi connectivity index (χ3n) is 4.97. The number of aromatic nitrogens is 2. The van der Waals surface area contributed by atoms with E-state index in [0.29, 0.717) is 24.0 Å². The predicted molar refractivity (Wildman–Crippen MR) is 104 cm³/mol. The number of nitrogens with one attached hydrogen (secondary N) is 1. The lowest BCUT2D eigenvalue weighted by molar-refractivity contribution is -0.146. The van der Waals surface area contributed by atoms with Crippen LogP contribution in [0.4, 0.5) is 11.5 Å². The molecule has 2 atom stereocenters. The summed E-state index contributed by atoms with van der Waals surface area (Å²) in [6, 6.07) is 5.47. The summed E-state index contributed by atoms with van der Waals surface area (Å²) in [5.41, 5.74) is 8.78. The smallest absolute Gasteiger partial charge is 0.313 e. The summed E-state index contributed by atoms with van der Waals surface area (Å²) >= 11 is 0. The third kappa shape index (κ3) is 4.24. The Labute approximate surface area is 159 Å². The molecule has 7 nitrogen and oxygen atoms in total. The summed E-state index contributed by atoms with van der Waals surface area (Å²) in [7, 11) is 0. The van der Waals surface area contributed by atoms with Gasteiger partial charge in [-0.3, -0.25) is 14.6 Å². The normalized spacial score (nSPS) is 19.6. The van der Waals surface area contributed by atoms with Crippen LogP contribution in [-0.2, 0) is 9.59 Å². The Morgan fingerprint density at radius 2 is 1.96 bits per heavy atom. The number of rotatable bonds is 2. The molecule has 1 aliphatic rings. The minimum atomic E-state index is -0.667. The van der Waals surface area contributed by atoms with Crippen molar-refractivity contribution in [3.63, 3.8) is 0 Å². The molecule has 1 fully saturated rings. The molecule has 2 aromatic heterocycles. The van der Waals surface area contributed by atoms with Gasteiger partial charge >= 0.3 is 11.8 Å². The van der Waals surface area contributed by atoms with Crippen molar-refractivity contribution in [2.75, 3.05) is 17.6 Å². The van der Waals surface area contributed by atoms with Crippen molar-refractivity contribution in [2.24, 2.45) is 5.92 Å². The Hall–Kier alpha value is -2.96. The number of hydrogen-bond donors (Lipinski definition) is 2. The summed E-state index contributed by atoms with van der Waals surface area (Å²) in [6.07, 6.45) is 5.06. The first-order chi connectivity index (χ1) is 12.8. The van der Waals surface area contributed by atoms with E-state index in [4.69, 9.17) is 5.73 Å². The third-order valence-corrected chi connectivity index (χ3v) is 4.97. The van der Waals surface area contributed by atoms with Gasteiger partial charge in [-0.1, -0.05) is 13.0 Å². The van der Waals surface area contributed by atoms with Crippen LogP contribution in [0, 0.1) is 19.8 Å². The zero-order valence-electron chi connectivity index (χ0n) is 15.9. The minimum Gasteiger partial charge on any atom is -0.383 e. The van der Waals surface area contributed by atoms with Crippen LogP contribution in [0.15, 0.2) is 30.6 Å². The number of likely N-dealkylation sites (tertiary alicyclic amines) is 1. The van der Waals surface area contributed by atoms with E-state index in [0.717, 1.165) is 29.7 Å². The lowest BCUT2D eigenvalue weighted by Crippen LogP contribution is -2.46. The van der Waals surface area contributed by atoms with Crippen LogP contribution in [-0.4, -0.2) is 33.2 Å². The van der Waals surface area contributed by atoms with Crippen LogP contribution in [0.1, 0.15) is 42.6 Å². The molecule has 3 N–H and O–H groups in total. The number of nitrogens with zero attached hydrogens (tertiary/aromatic N) is 3. The van der Waals surface area contributed by atoms with Crippen molar-refractivity contribution in [1.82, 2.24) is 14.9 Å². The Kier molecular flexibility index (Phi) is 5.39. The van der Waals surface area contributed by atoms with Crippen LogP contribution in [0.2, 0.25) is 0 Å². The summed E-state index contributed by atoms with van der Waals surface area (Å²) in [6.45, 7) is 6.36. The number of piperidine rings is 1. The fourth-order valence-corrected chi connectivity index (χ4v) is 3.37. The summed E-state index contributed by atoms with van der Waals surface area (Å²) < 4.78 is 0. The Morgan fingerprint density at radius 1 is 1.19 bits per heavy atom. The lowest BCUT2D eigenvalue weighted by Gasteiger charge is -2.38. The molecule has 1 aliphatic heterocycles. The van der Waals surface area contributed by atoms with Gasteiger partial charge in [0.05, 0.1) is 17.9 Å². The molecular formula is C20H25N5O2. The molecule has 2 amide bonds. The Bertz CT molecular complexity index is 850. The number of nitrogen functional groups attached to an aromatic ring is 1. The zero-order valence-corrected chi connectivity index (χ0v) is 15.9. The molecule has 0 radical (unpaired) electrons. The van der Waals surface area contributed by atoms with E-state index in [1.807, 2.05) is 19.1 Å². The van der Waals surface area contributed by atoms with E-state index in [1.165, 1.54) is 6.20 Å². The Morgan fingerprint density at radius 3 is 2.63 bits per heavy atom. The van der Waals surface area contributed by atoms with E-state index in [1.54, 1.807) is 24.1 Å². The van der Waals surface area contributed by atoms with Gasteiger partial charge < -0.3 is 16.0 Å². The monoisotopic (exact) mass is 367 g/mol. The van der Waals surface area contributed by atoms with Gasteiger partial charge in [0.2, 0.25) is 0 Å². The van der Waals surface area contributed by atoms with Gasteiger partial charge in [0.1, 0.15) is 5.82 Å². The fraction of sp³-hybridized carbons (Fsp3) is 0.400. The van der Waals surface area contributed by atoms with Gasteiger partial charge in [-0.15, -0.1) is 0 Å². The molecule has 0 bridgehead atoms. The number of pyridine rings is 2. The van der Waals surface area contributed by atoms with E-state index >= 15 is 0 Å². The number of carbonyl (C=O) groups is 2. The maximum atomic E-state index is 12.9. The molecule has 0 unspecified atom stereocenters. The topological polar surface area (TPSA) is 101 Å². The number of hydrogen-bond acceptors (Lipinski definition) is 5. The number of amides is 2. The van der Waals surface area contributed by atoms with Crippen LogP contribution in [0.3, 0.4) is 0 Å². The lowest BCUT2D eigenvalue weighted by atomic mass is 9.90. The molecule has 27 heavy (non-hydrogen) atoms. The highest BCUT2D eigenvalue weighted by atomic mass is 16.2. The predicted octanol–water partition coefficient (Wildman–Crippen LogP) is 2.61. The van der Waals surface area contributed by atoms with Crippen LogP contribution < -0.4 is 11.1 Å². The molecule has 2 aromatic rings. The average Bonchev–Trinajstić information content (AvgIpc) is 2.65. The second-order valence-corrected chi connectivity index (χ2v) is 7.27. The maximum Gasteiger partial charge on any atom is 0.313 e. The van der Waals surface area contributed by atoms with Crippen molar-refractivity contribution >= 4 is 23.3 Å². The van der Waals surface area contributed by atoms with E-state index < -0.39 is 11.8 Å². The van der Waals surface area contributed by atoms with Crippen LogP contribution >= 0.6 is 0 Å².